The van der Waals surface area contributed by atoms with Crippen LogP contribution in [0.3, 0.4) is 0 Å². The van der Waals surface area contributed by atoms with Crippen LogP contribution in [-0.2, 0) is 9.47 Å². The SMILES string of the molecule is CCCCCCCCCCCCCCOCC(C)OCC(C)Oc1ccc(C(=O)O)cc1. The molecule has 0 aliphatic heterocycles. The fourth-order valence-corrected chi connectivity index (χ4v) is 3.58. The molecule has 1 rings (SSSR count). The number of unbranched alkanes of at least 4 members (excludes halogenated alkanes) is 11. The van der Waals surface area contributed by atoms with Crippen molar-refractivity contribution in [1.29, 1.82) is 0 Å². The van der Waals surface area contributed by atoms with Crippen LogP contribution in [0.1, 0.15) is 108 Å². The van der Waals surface area contributed by atoms with Gasteiger partial charge in [0.15, 0.2) is 0 Å². The van der Waals surface area contributed by atoms with E-state index in [-0.39, 0.29) is 17.8 Å². The van der Waals surface area contributed by atoms with Gasteiger partial charge in [-0.05, 0) is 44.5 Å². The van der Waals surface area contributed by atoms with Gasteiger partial charge in [0.25, 0.3) is 0 Å². The van der Waals surface area contributed by atoms with Crippen LogP contribution in [0.2, 0.25) is 0 Å². The molecule has 1 aromatic carbocycles. The summed E-state index contributed by atoms with van der Waals surface area (Å²) in [6.45, 7) is 8.07. The molecule has 0 amide bonds. The Labute approximate surface area is 195 Å². The number of carbonyl (C=O) groups is 1. The quantitative estimate of drug-likeness (QED) is 0.199. The van der Waals surface area contributed by atoms with Crippen LogP contribution in [-0.4, -0.2) is 43.1 Å². The first-order valence-electron chi connectivity index (χ1n) is 12.7. The molecule has 1 aromatic rings. The number of hydrogen-bond donors (Lipinski definition) is 1. The van der Waals surface area contributed by atoms with Gasteiger partial charge in [0.05, 0.1) is 24.9 Å². The Kier molecular flexibility index (Phi) is 16.8. The van der Waals surface area contributed by atoms with Crippen molar-refractivity contribution in [2.24, 2.45) is 0 Å². The Morgan fingerprint density at radius 3 is 1.84 bits per heavy atom. The lowest BCUT2D eigenvalue weighted by atomic mass is 10.1. The fraction of sp³-hybridized carbons (Fsp3) is 0.741. The molecule has 0 aromatic heterocycles. The van der Waals surface area contributed by atoms with E-state index in [0.717, 1.165) is 13.0 Å². The summed E-state index contributed by atoms with van der Waals surface area (Å²) in [5, 5.41) is 8.93. The predicted octanol–water partition coefficient (Wildman–Crippen LogP) is 7.27. The van der Waals surface area contributed by atoms with E-state index in [0.29, 0.717) is 19.0 Å². The molecule has 0 heterocycles. The number of carboxylic acid groups (broad SMARTS) is 1. The Hall–Kier alpha value is -1.59. The van der Waals surface area contributed by atoms with Gasteiger partial charge in [0, 0.05) is 6.61 Å². The lowest BCUT2D eigenvalue weighted by Crippen LogP contribution is -2.25. The highest BCUT2D eigenvalue weighted by atomic mass is 16.6. The second-order valence-corrected chi connectivity index (χ2v) is 8.87. The van der Waals surface area contributed by atoms with E-state index in [1.54, 1.807) is 12.1 Å². The molecule has 0 aliphatic carbocycles. The van der Waals surface area contributed by atoms with Crippen LogP contribution in [0.5, 0.6) is 5.75 Å². The van der Waals surface area contributed by atoms with Crippen molar-refractivity contribution >= 4 is 5.97 Å². The van der Waals surface area contributed by atoms with Crippen LogP contribution in [0.15, 0.2) is 24.3 Å². The van der Waals surface area contributed by atoms with Crippen molar-refractivity contribution in [2.75, 3.05) is 19.8 Å². The molecule has 2 atom stereocenters. The van der Waals surface area contributed by atoms with E-state index in [1.165, 1.54) is 82.8 Å². The van der Waals surface area contributed by atoms with Crippen LogP contribution >= 0.6 is 0 Å². The summed E-state index contributed by atoms with van der Waals surface area (Å²) in [5.74, 6) is -0.299. The van der Waals surface area contributed by atoms with Gasteiger partial charge in [-0.25, -0.2) is 4.79 Å². The molecule has 0 fully saturated rings. The number of carboxylic acids is 1. The Balaban J connectivity index is 1.92. The molecule has 0 radical (unpaired) electrons. The van der Waals surface area contributed by atoms with Crippen molar-refractivity contribution in [2.45, 2.75) is 110 Å². The minimum absolute atomic E-state index is 0.0211. The third-order valence-electron chi connectivity index (χ3n) is 5.55. The molecule has 0 spiro atoms. The van der Waals surface area contributed by atoms with Crippen molar-refractivity contribution in [3.63, 3.8) is 0 Å². The van der Waals surface area contributed by atoms with E-state index < -0.39 is 5.97 Å². The molecule has 0 saturated carbocycles. The van der Waals surface area contributed by atoms with E-state index in [9.17, 15) is 4.79 Å². The van der Waals surface area contributed by atoms with E-state index in [2.05, 4.69) is 6.92 Å². The predicted molar refractivity (Wildman–Crippen MR) is 131 cm³/mol. The Morgan fingerprint density at radius 2 is 1.31 bits per heavy atom. The van der Waals surface area contributed by atoms with Gasteiger partial charge in [-0.15, -0.1) is 0 Å². The second-order valence-electron chi connectivity index (χ2n) is 8.87. The molecule has 2 unspecified atom stereocenters. The maximum Gasteiger partial charge on any atom is 0.335 e. The third kappa shape index (κ3) is 15.3. The van der Waals surface area contributed by atoms with Gasteiger partial charge in [-0.1, -0.05) is 77.6 Å². The second kappa shape index (κ2) is 18.9. The topological polar surface area (TPSA) is 65.0 Å². The van der Waals surface area contributed by atoms with Crippen LogP contribution in [0, 0.1) is 0 Å². The van der Waals surface area contributed by atoms with Crippen molar-refractivity contribution in [3.05, 3.63) is 29.8 Å². The van der Waals surface area contributed by atoms with Gasteiger partial charge in [0.2, 0.25) is 0 Å². The number of ether oxygens (including phenoxy) is 3. The largest absolute Gasteiger partial charge is 0.488 e. The number of rotatable bonds is 21. The normalized spacial score (nSPS) is 13.1. The highest BCUT2D eigenvalue weighted by molar-refractivity contribution is 5.87. The summed E-state index contributed by atoms with van der Waals surface area (Å²) < 4.78 is 17.3. The van der Waals surface area contributed by atoms with Crippen LogP contribution in [0.4, 0.5) is 0 Å². The zero-order valence-corrected chi connectivity index (χ0v) is 20.7. The summed E-state index contributed by atoms with van der Waals surface area (Å²) in [5.41, 5.74) is 0.250. The molecule has 0 saturated heterocycles. The Bertz CT molecular complexity index is 572. The maximum absolute atomic E-state index is 10.9. The first-order chi connectivity index (χ1) is 15.5. The monoisotopic (exact) mass is 450 g/mol. The van der Waals surface area contributed by atoms with Gasteiger partial charge in [-0.3, -0.25) is 0 Å². The van der Waals surface area contributed by atoms with Gasteiger partial charge >= 0.3 is 5.97 Å². The van der Waals surface area contributed by atoms with Crippen molar-refractivity contribution in [1.82, 2.24) is 0 Å². The summed E-state index contributed by atoms with van der Waals surface area (Å²) in [6.07, 6.45) is 16.1. The van der Waals surface area contributed by atoms with Crippen molar-refractivity contribution < 1.29 is 24.1 Å². The molecular weight excluding hydrogens is 404 g/mol. The van der Waals surface area contributed by atoms with E-state index in [1.807, 2.05) is 13.8 Å². The van der Waals surface area contributed by atoms with Crippen LogP contribution in [0.25, 0.3) is 0 Å². The smallest absolute Gasteiger partial charge is 0.335 e. The molecule has 5 nitrogen and oxygen atoms in total. The number of benzene rings is 1. The third-order valence-corrected chi connectivity index (χ3v) is 5.55. The van der Waals surface area contributed by atoms with E-state index in [4.69, 9.17) is 19.3 Å². The molecule has 184 valence electrons. The molecule has 1 N–H and O–H groups in total. The summed E-state index contributed by atoms with van der Waals surface area (Å²) in [7, 11) is 0. The molecule has 5 heteroatoms. The summed E-state index contributed by atoms with van der Waals surface area (Å²) in [4.78, 5) is 10.9. The van der Waals surface area contributed by atoms with Gasteiger partial charge in [-0.2, -0.15) is 0 Å². The average Bonchev–Trinajstić information content (AvgIpc) is 2.78. The van der Waals surface area contributed by atoms with E-state index >= 15 is 0 Å². The minimum Gasteiger partial charge on any atom is -0.488 e. The molecular formula is C27H46O5. The highest BCUT2D eigenvalue weighted by Crippen LogP contribution is 2.15. The van der Waals surface area contributed by atoms with Gasteiger partial charge < -0.3 is 19.3 Å². The fourth-order valence-electron chi connectivity index (χ4n) is 3.58. The summed E-state index contributed by atoms with van der Waals surface area (Å²) >= 11 is 0. The number of aromatic carboxylic acids is 1. The maximum atomic E-state index is 10.9. The molecule has 0 aliphatic rings. The first kappa shape index (κ1) is 28.4. The van der Waals surface area contributed by atoms with Crippen molar-refractivity contribution in [3.8, 4) is 5.75 Å². The first-order valence-corrected chi connectivity index (χ1v) is 12.7. The molecule has 32 heavy (non-hydrogen) atoms. The number of hydrogen-bond acceptors (Lipinski definition) is 4. The van der Waals surface area contributed by atoms with Gasteiger partial charge in [0.1, 0.15) is 11.9 Å². The summed E-state index contributed by atoms with van der Waals surface area (Å²) in [6, 6.07) is 6.41. The lowest BCUT2D eigenvalue weighted by Gasteiger charge is -2.18. The Morgan fingerprint density at radius 1 is 0.781 bits per heavy atom. The minimum atomic E-state index is -0.940. The highest BCUT2D eigenvalue weighted by Gasteiger charge is 2.09. The lowest BCUT2D eigenvalue weighted by molar-refractivity contribution is -0.0319. The standard InChI is InChI=1S/C27H46O5/c1-4-5-6-7-8-9-10-11-12-13-14-15-20-30-21-23(2)31-22-24(3)32-26-18-16-25(17-19-26)27(28)29/h16-19,23-24H,4-15,20-22H2,1-3H3,(H,28,29). The molecule has 0 bridgehead atoms. The zero-order chi connectivity index (χ0) is 23.4. The zero-order valence-electron chi connectivity index (χ0n) is 20.7. The van der Waals surface area contributed by atoms with Crippen LogP contribution < -0.4 is 4.74 Å². The average molecular weight is 451 g/mol.